The molecule has 0 aliphatic carbocycles. The minimum Gasteiger partial charge on any atom is -0.384 e. The Kier molecular flexibility index (Phi) is 2.87. The Balaban J connectivity index is 1.97. The van der Waals surface area contributed by atoms with Crippen molar-refractivity contribution in [1.29, 1.82) is 0 Å². The Morgan fingerprint density at radius 1 is 1.16 bits per heavy atom. The predicted octanol–water partition coefficient (Wildman–Crippen LogP) is 2.62. The molecule has 0 saturated heterocycles. The molecule has 3 rings (SSSR count). The summed E-state index contributed by atoms with van der Waals surface area (Å²) in [7, 11) is 1.83. The molecule has 0 aliphatic heterocycles. The van der Waals surface area contributed by atoms with E-state index < -0.39 is 0 Å². The second-order valence-electron chi connectivity index (χ2n) is 4.19. The molecule has 3 aromatic rings. The summed E-state index contributed by atoms with van der Waals surface area (Å²) in [6.07, 6.45) is 1.75. The first-order valence-corrected chi connectivity index (χ1v) is 6.54. The molecule has 2 heterocycles. The molecule has 0 bridgehead atoms. The van der Waals surface area contributed by atoms with Crippen LogP contribution in [-0.4, -0.2) is 19.6 Å². The van der Waals surface area contributed by atoms with Crippen molar-refractivity contribution in [2.45, 2.75) is 0 Å². The highest BCUT2D eigenvalue weighted by Crippen LogP contribution is 2.22. The fourth-order valence-corrected chi connectivity index (χ4v) is 2.29. The molecule has 0 saturated carbocycles. The molecule has 96 valence electrons. The van der Waals surface area contributed by atoms with E-state index in [2.05, 4.69) is 26.1 Å². The summed E-state index contributed by atoms with van der Waals surface area (Å²) in [5.41, 5.74) is 8.67. The maximum absolute atomic E-state index is 5.79. The lowest BCUT2D eigenvalue weighted by Crippen LogP contribution is -1.97. The summed E-state index contributed by atoms with van der Waals surface area (Å²) >= 11 is 3.45. The molecule has 6 heteroatoms. The van der Waals surface area contributed by atoms with Crippen molar-refractivity contribution in [2.75, 3.05) is 5.73 Å². The van der Waals surface area contributed by atoms with Crippen molar-refractivity contribution < 1.29 is 0 Å². The highest BCUT2D eigenvalue weighted by atomic mass is 79.9. The standard InChI is InChI=1S/C13H12BrN5/c1-18-13(15)8-11(17-18)9-2-4-10(5-3-9)19-12(14)6-7-16-19/h2-8H,15H2,1H3. The first kappa shape index (κ1) is 12.0. The SMILES string of the molecule is Cn1nc(-c2ccc(-n3nccc3Br)cc2)cc1N. The maximum atomic E-state index is 5.79. The van der Waals surface area contributed by atoms with Crippen LogP contribution in [0.15, 0.2) is 47.2 Å². The number of nitrogens with zero attached hydrogens (tertiary/aromatic N) is 4. The highest BCUT2D eigenvalue weighted by Gasteiger charge is 2.06. The second-order valence-corrected chi connectivity index (χ2v) is 5.00. The zero-order valence-corrected chi connectivity index (χ0v) is 11.9. The van der Waals surface area contributed by atoms with E-state index in [1.165, 1.54) is 0 Å². The van der Waals surface area contributed by atoms with Crippen LogP contribution in [-0.2, 0) is 7.05 Å². The summed E-state index contributed by atoms with van der Waals surface area (Å²) in [6, 6.07) is 11.8. The maximum Gasteiger partial charge on any atom is 0.121 e. The van der Waals surface area contributed by atoms with Gasteiger partial charge in [0.2, 0.25) is 0 Å². The molecule has 2 N–H and O–H groups in total. The monoisotopic (exact) mass is 317 g/mol. The van der Waals surface area contributed by atoms with E-state index in [-0.39, 0.29) is 0 Å². The molecule has 0 spiro atoms. The van der Waals surface area contributed by atoms with Crippen LogP contribution in [0.1, 0.15) is 0 Å². The third kappa shape index (κ3) is 2.15. The fraction of sp³-hybridized carbons (Fsp3) is 0.0769. The van der Waals surface area contributed by atoms with Crippen LogP contribution in [0.2, 0.25) is 0 Å². The van der Waals surface area contributed by atoms with Crippen LogP contribution in [0, 0.1) is 0 Å². The average Bonchev–Trinajstić information content (AvgIpc) is 2.97. The number of rotatable bonds is 2. The van der Waals surface area contributed by atoms with Crippen molar-refractivity contribution in [3.05, 3.63) is 47.2 Å². The Morgan fingerprint density at radius 3 is 2.42 bits per heavy atom. The van der Waals surface area contributed by atoms with Crippen LogP contribution in [0.25, 0.3) is 16.9 Å². The van der Waals surface area contributed by atoms with Crippen molar-refractivity contribution in [3.63, 3.8) is 0 Å². The van der Waals surface area contributed by atoms with Gasteiger partial charge in [0, 0.05) is 18.7 Å². The number of hydrogen-bond donors (Lipinski definition) is 1. The first-order valence-electron chi connectivity index (χ1n) is 5.75. The number of nitrogens with two attached hydrogens (primary N) is 1. The van der Waals surface area contributed by atoms with E-state index in [0.29, 0.717) is 5.82 Å². The molecule has 0 unspecified atom stereocenters. The van der Waals surface area contributed by atoms with Gasteiger partial charge in [0.25, 0.3) is 0 Å². The molecular weight excluding hydrogens is 306 g/mol. The number of hydrogen-bond acceptors (Lipinski definition) is 3. The average molecular weight is 318 g/mol. The fourth-order valence-electron chi connectivity index (χ4n) is 1.87. The van der Waals surface area contributed by atoms with Crippen LogP contribution >= 0.6 is 15.9 Å². The lowest BCUT2D eigenvalue weighted by Gasteiger charge is -2.04. The van der Waals surface area contributed by atoms with E-state index in [1.54, 1.807) is 10.9 Å². The smallest absolute Gasteiger partial charge is 0.121 e. The normalized spacial score (nSPS) is 10.8. The van der Waals surface area contributed by atoms with Crippen LogP contribution in [0.4, 0.5) is 5.82 Å². The second kappa shape index (κ2) is 4.55. The quantitative estimate of drug-likeness (QED) is 0.790. The topological polar surface area (TPSA) is 61.7 Å². The molecule has 0 radical (unpaired) electrons. The highest BCUT2D eigenvalue weighted by molar-refractivity contribution is 9.10. The van der Waals surface area contributed by atoms with Crippen LogP contribution in [0.3, 0.4) is 0 Å². The number of benzene rings is 1. The third-order valence-corrected chi connectivity index (χ3v) is 3.52. The minimum atomic E-state index is 0.647. The van der Waals surface area contributed by atoms with Gasteiger partial charge in [-0.05, 0) is 34.1 Å². The van der Waals surface area contributed by atoms with Gasteiger partial charge in [-0.3, -0.25) is 4.68 Å². The van der Waals surface area contributed by atoms with Crippen molar-refractivity contribution in [1.82, 2.24) is 19.6 Å². The van der Waals surface area contributed by atoms with Gasteiger partial charge in [0.05, 0.1) is 17.6 Å². The number of nitrogen functional groups attached to an aromatic ring is 1. The minimum absolute atomic E-state index is 0.647. The summed E-state index contributed by atoms with van der Waals surface area (Å²) in [6.45, 7) is 0. The molecule has 2 aromatic heterocycles. The van der Waals surface area contributed by atoms with Crippen LogP contribution < -0.4 is 5.73 Å². The molecule has 19 heavy (non-hydrogen) atoms. The van der Waals surface area contributed by atoms with Gasteiger partial charge >= 0.3 is 0 Å². The van der Waals surface area contributed by atoms with Crippen molar-refractivity contribution >= 4 is 21.7 Å². The summed E-state index contributed by atoms with van der Waals surface area (Å²) in [4.78, 5) is 0. The predicted molar refractivity (Wildman–Crippen MR) is 77.9 cm³/mol. The number of aromatic nitrogens is 4. The third-order valence-electron chi connectivity index (χ3n) is 2.92. The first-order chi connectivity index (χ1) is 9.15. The van der Waals surface area contributed by atoms with Gasteiger partial charge < -0.3 is 5.73 Å². The van der Waals surface area contributed by atoms with Crippen molar-refractivity contribution in [2.24, 2.45) is 7.05 Å². The van der Waals surface area contributed by atoms with E-state index in [1.807, 2.05) is 48.1 Å². The zero-order chi connectivity index (χ0) is 13.4. The molecule has 5 nitrogen and oxygen atoms in total. The van der Waals surface area contributed by atoms with Gasteiger partial charge in [-0.2, -0.15) is 10.2 Å². The van der Waals surface area contributed by atoms with E-state index in [4.69, 9.17) is 5.73 Å². The van der Waals surface area contributed by atoms with Gasteiger partial charge in [0.15, 0.2) is 0 Å². The summed E-state index contributed by atoms with van der Waals surface area (Å²) in [5, 5.41) is 8.59. The van der Waals surface area contributed by atoms with Crippen LogP contribution in [0.5, 0.6) is 0 Å². The van der Waals surface area contributed by atoms with E-state index in [0.717, 1.165) is 21.5 Å². The Morgan fingerprint density at radius 2 is 1.89 bits per heavy atom. The summed E-state index contributed by atoms with van der Waals surface area (Å²) < 4.78 is 4.39. The van der Waals surface area contributed by atoms with Gasteiger partial charge in [0.1, 0.15) is 10.4 Å². The largest absolute Gasteiger partial charge is 0.384 e. The molecule has 1 aromatic carbocycles. The lowest BCUT2D eigenvalue weighted by molar-refractivity contribution is 0.782. The van der Waals surface area contributed by atoms with E-state index in [9.17, 15) is 0 Å². The van der Waals surface area contributed by atoms with Crippen molar-refractivity contribution in [3.8, 4) is 16.9 Å². The Bertz CT molecular complexity index is 691. The molecule has 0 atom stereocenters. The Labute approximate surface area is 118 Å². The molecule has 0 amide bonds. The lowest BCUT2D eigenvalue weighted by atomic mass is 10.1. The van der Waals surface area contributed by atoms with Gasteiger partial charge in [-0.15, -0.1) is 0 Å². The molecular formula is C13H12BrN5. The van der Waals surface area contributed by atoms with Gasteiger partial charge in [-0.1, -0.05) is 12.1 Å². The summed E-state index contributed by atoms with van der Waals surface area (Å²) in [5.74, 6) is 0.647. The zero-order valence-electron chi connectivity index (χ0n) is 10.3. The van der Waals surface area contributed by atoms with E-state index >= 15 is 0 Å². The number of halogens is 1. The molecule has 0 fully saturated rings. The number of anilines is 1. The molecule has 0 aliphatic rings. The Hall–Kier alpha value is -2.08. The van der Waals surface area contributed by atoms with Gasteiger partial charge in [-0.25, -0.2) is 4.68 Å². The number of aryl methyl sites for hydroxylation is 1.